The Bertz CT molecular complexity index is 2010. The molecule has 0 saturated heterocycles. The first-order valence-electron chi connectivity index (χ1n) is 18.7. The fourth-order valence-electron chi connectivity index (χ4n) is 6.11. The number of rotatable bonds is 23. The molecule has 0 atom stereocenters. The first-order chi connectivity index (χ1) is 26.8. The summed E-state index contributed by atoms with van der Waals surface area (Å²) in [5, 5.41) is 7.74. The first-order valence-corrected chi connectivity index (χ1v) is 18.7. The number of carbonyl (C=O) groups is 2. The number of pyridine rings is 2. The second-order valence-electron chi connectivity index (χ2n) is 13.2. The maximum absolute atomic E-state index is 12.6. The predicted molar refractivity (Wildman–Crippen MR) is 213 cm³/mol. The summed E-state index contributed by atoms with van der Waals surface area (Å²) in [7, 11) is 0. The minimum atomic E-state index is -0.256. The number of nitrogen functional groups attached to an aromatic ring is 1. The van der Waals surface area contributed by atoms with Gasteiger partial charge in [0.2, 0.25) is 5.91 Å². The molecular weight excluding hydrogens is 700 g/mol. The standard InChI is InChI=1S/C42H52N6O7/c1-29-5-14-36-37(25-29)48-41(43)40-39(36)33(15-18-46-40)11-10-32-12-13-35(26-30(32)2)54-27-31-6-8-34(9-7-31)42(50)47-17-4-20-52-22-24-53-23-21-51-19-3-16-45-38(49)28-55-44/h5-9,12-15,18,25-26H,3-4,10-11,16-17,19-24,27-28,44H2,1-2H3,(H2,43,48)(H,45,49)(H,47,50). The second-order valence-corrected chi connectivity index (χ2v) is 13.2. The summed E-state index contributed by atoms with van der Waals surface area (Å²) in [5.41, 5.74) is 14.3. The summed E-state index contributed by atoms with van der Waals surface area (Å²) in [6, 6.07) is 22.0. The van der Waals surface area contributed by atoms with Gasteiger partial charge < -0.3 is 35.3 Å². The number of fused-ring (bicyclic) bond motifs is 3. The fourth-order valence-corrected chi connectivity index (χ4v) is 6.11. The number of nitrogens with two attached hydrogens (primary N) is 2. The fraction of sp³-hybridized carbons (Fsp3) is 0.381. The van der Waals surface area contributed by atoms with E-state index in [9.17, 15) is 9.59 Å². The Morgan fingerprint density at radius 1 is 0.764 bits per heavy atom. The minimum Gasteiger partial charge on any atom is -0.489 e. The van der Waals surface area contributed by atoms with Crippen LogP contribution in [0.4, 0.5) is 5.82 Å². The van der Waals surface area contributed by atoms with Crippen LogP contribution < -0.4 is 27.0 Å². The Kier molecular flexibility index (Phi) is 16.1. The highest BCUT2D eigenvalue weighted by atomic mass is 16.6. The van der Waals surface area contributed by atoms with Crippen molar-refractivity contribution >= 4 is 39.4 Å². The van der Waals surface area contributed by atoms with Crippen LogP contribution in [0.3, 0.4) is 0 Å². The summed E-state index contributed by atoms with van der Waals surface area (Å²) in [6.07, 6.45) is 4.90. The third kappa shape index (κ3) is 12.7. The average molecular weight is 753 g/mol. The Morgan fingerprint density at radius 3 is 2.16 bits per heavy atom. The van der Waals surface area contributed by atoms with Crippen LogP contribution in [-0.4, -0.2) is 81.1 Å². The molecule has 3 aromatic carbocycles. The van der Waals surface area contributed by atoms with Gasteiger partial charge in [-0.25, -0.2) is 10.9 Å². The molecule has 2 amide bonds. The molecule has 0 aliphatic carbocycles. The molecule has 5 aromatic rings. The molecule has 2 heterocycles. The molecule has 0 bridgehead atoms. The molecular formula is C42H52N6O7. The van der Waals surface area contributed by atoms with Gasteiger partial charge in [-0.05, 0) is 104 Å². The summed E-state index contributed by atoms with van der Waals surface area (Å²) in [4.78, 5) is 37.2. The van der Waals surface area contributed by atoms with Crippen molar-refractivity contribution in [2.24, 2.45) is 5.90 Å². The topological polar surface area (TPSA) is 182 Å². The minimum absolute atomic E-state index is 0.128. The van der Waals surface area contributed by atoms with Gasteiger partial charge in [-0.3, -0.25) is 19.4 Å². The van der Waals surface area contributed by atoms with Crippen molar-refractivity contribution < 1.29 is 33.4 Å². The third-order valence-electron chi connectivity index (χ3n) is 9.04. The predicted octanol–water partition coefficient (Wildman–Crippen LogP) is 4.91. The highest BCUT2D eigenvalue weighted by Crippen LogP contribution is 2.31. The van der Waals surface area contributed by atoms with Crippen LogP contribution in [0.5, 0.6) is 5.75 Å². The zero-order chi connectivity index (χ0) is 38.8. The van der Waals surface area contributed by atoms with Crippen LogP contribution in [0, 0.1) is 13.8 Å². The van der Waals surface area contributed by atoms with Gasteiger partial charge in [-0.1, -0.05) is 30.3 Å². The van der Waals surface area contributed by atoms with Crippen LogP contribution in [0.25, 0.3) is 21.8 Å². The van der Waals surface area contributed by atoms with E-state index < -0.39 is 0 Å². The van der Waals surface area contributed by atoms with Crippen molar-refractivity contribution in [1.29, 1.82) is 0 Å². The van der Waals surface area contributed by atoms with Crippen molar-refractivity contribution in [1.82, 2.24) is 20.6 Å². The number of benzene rings is 3. The number of anilines is 1. The average Bonchev–Trinajstić information content (AvgIpc) is 3.18. The molecule has 13 nitrogen and oxygen atoms in total. The maximum atomic E-state index is 12.6. The lowest BCUT2D eigenvalue weighted by atomic mass is 9.96. The van der Waals surface area contributed by atoms with Crippen molar-refractivity contribution in [2.45, 2.75) is 46.1 Å². The van der Waals surface area contributed by atoms with Gasteiger partial charge in [0.05, 0.1) is 31.9 Å². The zero-order valence-electron chi connectivity index (χ0n) is 31.7. The van der Waals surface area contributed by atoms with Crippen LogP contribution >= 0.6 is 0 Å². The largest absolute Gasteiger partial charge is 0.489 e. The normalized spacial score (nSPS) is 11.3. The van der Waals surface area contributed by atoms with Crippen LogP contribution in [0.2, 0.25) is 0 Å². The van der Waals surface area contributed by atoms with Gasteiger partial charge in [0, 0.05) is 48.8 Å². The third-order valence-corrected chi connectivity index (χ3v) is 9.04. The lowest BCUT2D eigenvalue weighted by Gasteiger charge is -2.13. The van der Waals surface area contributed by atoms with Gasteiger partial charge in [0.1, 0.15) is 24.5 Å². The highest BCUT2D eigenvalue weighted by Gasteiger charge is 2.13. The van der Waals surface area contributed by atoms with E-state index in [2.05, 4.69) is 75.7 Å². The van der Waals surface area contributed by atoms with Crippen molar-refractivity contribution in [2.75, 3.05) is 65.1 Å². The highest BCUT2D eigenvalue weighted by molar-refractivity contribution is 6.09. The van der Waals surface area contributed by atoms with E-state index in [0.717, 1.165) is 57.1 Å². The molecule has 2 aromatic heterocycles. The van der Waals surface area contributed by atoms with E-state index in [4.69, 9.17) is 30.6 Å². The number of aryl methyl sites for hydroxylation is 4. The quantitative estimate of drug-likeness (QED) is 0.0404. The number of hydrogen-bond acceptors (Lipinski definition) is 11. The molecule has 5 rings (SSSR count). The van der Waals surface area contributed by atoms with E-state index in [0.29, 0.717) is 83.6 Å². The number of amides is 2. The van der Waals surface area contributed by atoms with E-state index in [1.54, 1.807) is 0 Å². The Balaban J connectivity index is 0.952. The van der Waals surface area contributed by atoms with Gasteiger partial charge >= 0.3 is 0 Å². The molecule has 0 fully saturated rings. The lowest BCUT2D eigenvalue weighted by Crippen LogP contribution is -2.30. The maximum Gasteiger partial charge on any atom is 0.251 e. The summed E-state index contributed by atoms with van der Waals surface area (Å²) in [6.45, 7) is 8.31. The molecule has 0 radical (unpaired) electrons. The number of aromatic nitrogens is 2. The van der Waals surface area contributed by atoms with Crippen molar-refractivity contribution in [3.05, 3.63) is 106 Å². The van der Waals surface area contributed by atoms with Crippen LogP contribution in [0.1, 0.15) is 51.0 Å². The van der Waals surface area contributed by atoms with Crippen molar-refractivity contribution in [3.63, 3.8) is 0 Å². The molecule has 55 heavy (non-hydrogen) atoms. The van der Waals surface area contributed by atoms with Gasteiger partial charge in [-0.2, -0.15) is 0 Å². The Labute approximate surface area is 322 Å². The zero-order valence-corrected chi connectivity index (χ0v) is 31.7. The number of hydrogen-bond donors (Lipinski definition) is 4. The molecule has 292 valence electrons. The van der Waals surface area contributed by atoms with E-state index in [-0.39, 0.29) is 18.4 Å². The number of nitrogens with zero attached hydrogens (tertiary/aromatic N) is 2. The van der Waals surface area contributed by atoms with E-state index in [1.165, 1.54) is 11.1 Å². The molecule has 0 spiro atoms. The molecule has 0 aliphatic heterocycles. The molecule has 0 saturated carbocycles. The van der Waals surface area contributed by atoms with Gasteiger partial charge in [0.25, 0.3) is 5.91 Å². The number of nitrogens with one attached hydrogen (secondary N) is 2. The summed E-state index contributed by atoms with van der Waals surface area (Å²) < 4.78 is 22.6. The summed E-state index contributed by atoms with van der Waals surface area (Å²) >= 11 is 0. The Hall–Kier alpha value is -5.18. The van der Waals surface area contributed by atoms with Gasteiger partial charge in [0.15, 0.2) is 5.82 Å². The van der Waals surface area contributed by atoms with E-state index >= 15 is 0 Å². The molecule has 13 heteroatoms. The smallest absolute Gasteiger partial charge is 0.251 e. The van der Waals surface area contributed by atoms with Gasteiger partial charge in [-0.15, -0.1) is 0 Å². The van der Waals surface area contributed by atoms with Crippen LogP contribution in [-0.2, 0) is 43.3 Å². The van der Waals surface area contributed by atoms with Crippen molar-refractivity contribution in [3.8, 4) is 5.75 Å². The second kappa shape index (κ2) is 21.6. The Morgan fingerprint density at radius 2 is 1.45 bits per heavy atom. The first kappa shape index (κ1) is 41.0. The SMILES string of the molecule is Cc1ccc2c(c1)nc(N)c1nccc(CCc3ccc(OCc4ccc(C(=O)NCCCOCCOCCOCCCNC(=O)CON)cc4)cc3C)c12. The lowest BCUT2D eigenvalue weighted by molar-refractivity contribution is -0.125. The monoisotopic (exact) mass is 752 g/mol. The molecule has 0 aliphatic rings. The van der Waals surface area contributed by atoms with E-state index in [1.807, 2.05) is 36.5 Å². The number of carbonyl (C=O) groups excluding carboxylic acids is 2. The number of ether oxygens (including phenoxy) is 4. The molecule has 6 N–H and O–H groups in total. The van der Waals surface area contributed by atoms with Crippen LogP contribution in [0.15, 0.2) is 72.9 Å². The molecule has 0 unspecified atom stereocenters. The summed E-state index contributed by atoms with van der Waals surface area (Å²) in [5.74, 6) is 5.71.